The number of carbonyl (C=O) groups is 3. The maximum absolute atomic E-state index is 12.4. The predicted octanol–water partition coefficient (Wildman–Crippen LogP) is 4.56. The minimum Gasteiger partial charge on any atom is -0.481 e. The Kier molecular flexibility index (Phi) is 8.06. The number of alkyl carbamates (subject to hydrolysis) is 1. The highest BCUT2D eigenvalue weighted by atomic mass is 16.5. The monoisotopic (exact) mass is 478 g/mol. The number of aliphatic carboxylic acids is 1. The van der Waals surface area contributed by atoms with Crippen molar-refractivity contribution in [1.29, 1.82) is 0 Å². The highest BCUT2D eigenvalue weighted by Crippen LogP contribution is 2.44. The summed E-state index contributed by atoms with van der Waals surface area (Å²) in [4.78, 5) is 36.2. The summed E-state index contributed by atoms with van der Waals surface area (Å²) in [6.45, 7) is 2.69. The Bertz CT molecular complexity index is 1020. The Labute approximate surface area is 206 Å². The molecule has 7 heteroatoms. The summed E-state index contributed by atoms with van der Waals surface area (Å²) in [7, 11) is 0. The van der Waals surface area contributed by atoms with Gasteiger partial charge in [-0.2, -0.15) is 0 Å². The molecule has 2 amide bonds. The molecule has 3 N–H and O–H groups in total. The molecule has 0 bridgehead atoms. The maximum Gasteiger partial charge on any atom is 0.407 e. The van der Waals surface area contributed by atoms with Crippen LogP contribution >= 0.6 is 0 Å². The predicted molar refractivity (Wildman–Crippen MR) is 133 cm³/mol. The summed E-state index contributed by atoms with van der Waals surface area (Å²) in [6.07, 6.45) is 3.23. The number of nitrogens with one attached hydrogen (secondary N) is 2. The van der Waals surface area contributed by atoms with Crippen LogP contribution in [-0.4, -0.2) is 42.8 Å². The number of hydrogen-bond acceptors (Lipinski definition) is 4. The van der Waals surface area contributed by atoms with E-state index in [1.54, 1.807) is 0 Å². The van der Waals surface area contributed by atoms with Crippen LogP contribution in [0.2, 0.25) is 0 Å². The molecule has 2 aliphatic carbocycles. The van der Waals surface area contributed by atoms with Gasteiger partial charge in [0.25, 0.3) is 0 Å². The molecule has 0 saturated heterocycles. The smallest absolute Gasteiger partial charge is 0.407 e. The third-order valence-electron chi connectivity index (χ3n) is 7.14. The molecule has 0 spiro atoms. The first-order valence-electron chi connectivity index (χ1n) is 12.5. The van der Waals surface area contributed by atoms with Crippen LogP contribution in [0.3, 0.4) is 0 Å². The van der Waals surface area contributed by atoms with Crippen molar-refractivity contribution < 1.29 is 24.2 Å². The van der Waals surface area contributed by atoms with Crippen molar-refractivity contribution in [3.8, 4) is 11.1 Å². The fraction of sp³-hybridized carbons (Fsp3) is 0.464. The molecule has 2 aromatic carbocycles. The largest absolute Gasteiger partial charge is 0.481 e. The Hall–Kier alpha value is -3.35. The number of ether oxygens (including phenoxy) is 1. The first-order chi connectivity index (χ1) is 17.0. The third kappa shape index (κ3) is 6.41. The van der Waals surface area contributed by atoms with Crippen molar-refractivity contribution in [2.45, 2.75) is 44.9 Å². The van der Waals surface area contributed by atoms with E-state index in [2.05, 4.69) is 34.9 Å². The van der Waals surface area contributed by atoms with E-state index in [4.69, 9.17) is 4.74 Å². The van der Waals surface area contributed by atoms with Crippen molar-refractivity contribution in [2.24, 2.45) is 17.8 Å². The normalized spacial score (nSPS) is 16.0. The Morgan fingerprint density at radius 1 is 0.971 bits per heavy atom. The van der Waals surface area contributed by atoms with Crippen molar-refractivity contribution in [3.63, 3.8) is 0 Å². The molecule has 7 nitrogen and oxygen atoms in total. The zero-order valence-electron chi connectivity index (χ0n) is 20.2. The number of fused-ring (bicyclic) bond motifs is 3. The first kappa shape index (κ1) is 24.8. The average molecular weight is 479 g/mol. The third-order valence-corrected chi connectivity index (χ3v) is 7.14. The number of carbonyl (C=O) groups excluding carboxylic acids is 2. The Balaban J connectivity index is 1.22. The lowest BCUT2D eigenvalue weighted by atomic mass is 9.98. The van der Waals surface area contributed by atoms with Crippen LogP contribution in [0, 0.1) is 17.8 Å². The lowest BCUT2D eigenvalue weighted by Gasteiger charge is -2.18. The molecular weight excluding hydrogens is 444 g/mol. The van der Waals surface area contributed by atoms with E-state index in [0.717, 1.165) is 24.0 Å². The zero-order valence-corrected chi connectivity index (χ0v) is 20.2. The van der Waals surface area contributed by atoms with Gasteiger partial charge in [0, 0.05) is 25.4 Å². The van der Waals surface area contributed by atoms with Crippen LogP contribution in [0.1, 0.15) is 56.1 Å². The second-order valence-electron chi connectivity index (χ2n) is 9.70. The molecular formula is C28H34N2O5. The molecule has 1 saturated carbocycles. The number of amides is 2. The van der Waals surface area contributed by atoms with Crippen molar-refractivity contribution in [3.05, 3.63) is 59.7 Å². The van der Waals surface area contributed by atoms with Gasteiger partial charge in [0.05, 0.1) is 5.92 Å². The molecule has 35 heavy (non-hydrogen) atoms. The number of hydrogen-bond donors (Lipinski definition) is 3. The van der Waals surface area contributed by atoms with Gasteiger partial charge in [-0.3, -0.25) is 9.59 Å². The van der Waals surface area contributed by atoms with Gasteiger partial charge in [-0.1, -0.05) is 74.7 Å². The molecule has 0 heterocycles. The van der Waals surface area contributed by atoms with Gasteiger partial charge in [-0.05, 0) is 40.5 Å². The molecule has 0 aromatic heterocycles. The summed E-state index contributed by atoms with van der Waals surface area (Å²) >= 11 is 0. The summed E-state index contributed by atoms with van der Waals surface area (Å²) in [5.74, 6) is -1.15. The van der Waals surface area contributed by atoms with Gasteiger partial charge in [0.15, 0.2) is 0 Å². The lowest BCUT2D eigenvalue weighted by molar-refractivity contribution is -0.142. The van der Waals surface area contributed by atoms with Crippen LogP contribution in [0.4, 0.5) is 4.79 Å². The van der Waals surface area contributed by atoms with E-state index in [1.165, 1.54) is 11.1 Å². The highest BCUT2D eigenvalue weighted by Gasteiger charge is 2.30. The number of carboxylic acid groups (broad SMARTS) is 1. The summed E-state index contributed by atoms with van der Waals surface area (Å²) in [5.41, 5.74) is 4.67. The highest BCUT2D eigenvalue weighted by molar-refractivity contribution is 5.79. The summed E-state index contributed by atoms with van der Waals surface area (Å²) in [5, 5.41) is 14.9. The Morgan fingerprint density at radius 3 is 2.17 bits per heavy atom. The molecule has 0 aliphatic heterocycles. The molecule has 4 rings (SSSR count). The van der Waals surface area contributed by atoms with Gasteiger partial charge in [0.2, 0.25) is 5.91 Å². The van der Waals surface area contributed by atoms with E-state index >= 15 is 0 Å². The van der Waals surface area contributed by atoms with Gasteiger partial charge in [-0.15, -0.1) is 0 Å². The van der Waals surface area contributed by atoms with Crippen molar-refractivity contribution >= 4 is 18.0 Å². The van der Waals surface area contributed by atoms with Crippen LogP contribution in [0.15, 0.2) is 48.5 Å². The second kappa shape index (κ2) is 11.4. The van der Waals surface area contributed by atoms with E-state index in [-0.39, 0.29) is 37.3 Å². The minimum absolute atomic E-state index is 0.00119. The zero-order chi connectivity index (χ0) is 24.8. The number of carboxylic acids is 1. The first-order valence-corrected chi connectivity index (χ1v) is 12.5. The van der Waals surface area contributed by atoms with Gasteiger partial charge < -0.3 is 20.5 Å². The number of rotatable bonds is 12. The van der Waals surface area contributed by atoms with Gasteiger partial charge in [-0.25, -0.2) is 4.79 Å². The minimum atomic E-state index is -0.860. The molecule has 0 radical (unpaired) electrons. The standard InChI is InChI=1S/C28H34N2O5/c1-2-18(14-26(31)29-16-20(27(32)33)13-19-11-12-19)15-30-28(34)35-17-25-23-9-5-3-7-21(23)22-8-4-6-10-24(22)25/h3-10,18-20,25H,2,11-17H2,1H3,(H,29,31)(H,30,34)(H,32,33). The van der Waals surface area contributed by atoms with E-state index < -0.39 is 18.0 Å². The lowest BCUT2D eigenvalue weighted by Crippen LogP contribution is -2.36. The molecule has 186 valence electrons. The topological polar surface area (TPSA) is 105 Å². The molecule has 1 fully saturated rings. The van der Waals surface area contributed by atoms with E-state index in [9.17, 15) is 19.5 Å². The van der Waals surface area contributed by atoms with Crippen LogP contribution in [0.25, 0.3) is 11.1 Å². The van der Waals surface area contributed by atoms with Crippen LogP contribution < -0.4 is 10.6 Å². The van der Waals surface area contributed by atoms with E-state index in [1.807, 2.05) is 31.2 Å². The molecule has 2 aliphatic rings. The molecule has 2 unspecified atom stereocenters. The maximum atomic E-state index is 12.4. The van der Waals surface area contributed by atoms with Gasteiger partial charge in [0.1, 0.15) is 6.61 Å². The van der Waals surface area contributed by atoms with Crippen molar-refractivity contribution in [1.82, 2.24) is 10.6 Å². The van der Waals surface area contributed by atoms with Crippen LogP contribution in [-0.2, 0) is 14.3 Å². The molecule has 2 aromatic rings. The number of benzene rings is 2. The molecule has 2 atom stereocenters. The SMILES string of the molecule is CCC(CNC(=O)OCC1c2ccccc2-c2ccccc21)CC(=O)NCC(CC1CC1)C(=O)O. The van der Waals surface area contributed by atoms with Crippen LogP contribution in [0.5, 0.6) is 0 Å². The van der Waals surface area contributed by atoms with Gasteiger partial charge >= 0.3 is 12.1 Å². The fourth-order valence-corrected chi connectivity index (χ4v) is 4.84. The Morgan fingerprint density at radius 2 is 1.60 bits per heavy atom. The summed E-state index contributed by atoms with van der Waals surface area (Å²) < 4.78 is 5.57. The van der Waals surface area contributed by atoms with Crippen molar-refractivity contribution in [2.75, 3.05) is 19.7 Å². The quantitative estimate of drug-likeness (QED) is 0.415. The summed E-state index contributed by atoms with van der Waals surface area (Å²) in [6, 6.07) is 16.4. The van der Waals surface area contributed by atoms with E-state index in [0.29, 0.717) is 25.3 Å². The average Bonchev–Trinajstić information content (AvgIpc) is 3.63. The second-order valence-corrected chi connectivity index (χ2v) is 9.70. The fourth-order valence-electron chi connectivity index (χ4n) is 4.84.